The SMILES string of the molecule is CCCNc1cncc(NCc2ccon2)c1. The van der Waals surface area contributed by atoms with E-state index in [-0.39, 0.29) is 0 Å². The second-order valence-corrected chi connectivity index (χ2v) is 3.73. The molecule has 0 unspecified atom stereocenters. The molecule has 17 heavy (non-hydrogen) atoms. The Morgan fingerprint density at radius 2 is 2.06 bits per heavy atom. The zero-order valence-electron chi connectivity index (χ0n) is 9.81. The van der Waals surface area contributed by atoms with E-state index < -0.39 is 0 Å². The first kappa shape index (κ1) is 11.4. The van der Waals surface area contributed by atoms with Crippen molar-refractivity contribution in [2.45, 2.75) is 19.9 Å². The van der Waals surface area contributed by atoms with Gasteiger partial charge in [0.05, 0.1) is 30.3 Å². The van der Waals surface area contributed by atoms with Crippen LogP contribution >= 0.6 is 0 Å². The topological polar surface area (TPSA) is 63.0 Å². The lowest BCUT2D eigenvalue weighted by Crippen LogP contribution is -2.03. The highest BCUT2D eigenvalue weighted by Gasteiger charge is 1.98. The first-order chi connectivity index (χ1) is 8.38. The van der Waals surface area contributed by atoms with E-state index in [9.17, 15) is 0 Å². The lowest BCUT2D eigenvalue weighted by molar-refractivity contribution is 0.412. The van der Waals surface area contributed by atoms with Crippen LogP contribution < -0.4 is 10.6 Å². The van der Waals surface area contributed by atoms with Gasteiger partial charge in [-0.25, -0.2) is 0 Å². The largest absolute Gasteiger partial charge is 0.384 e. The van der Waals surface area contributed by atoms with Gasteiger partial charge in [-0.3, -0.25) is 4.98 Å². The Kier molecular flexibility index (Phi) is 3.96. The molecular formula is C12H16N4O. The van der Waals surface area contributed by atoms with Crippen LogP contribution in [0.2, 0.25) is 0 Å². The molecule has 0 aliphatic heterocycles. The van der Waals surface area contributed by atoms with Crippen molar-refractivity contribution in [3.63, 3.8) is 0 Å². The summed E-state index contributed by atoms with van der Waals surface area (Å²) in [5.41, 5.74) is 2.86. The summed E-state index contributed by atoms with van der Waals surface area (Å²) in [6.07, 6.45) is 6.26. The van der Waals surface area contributed by atoms with Crippen molar-refractivity contribution < 1.29 is 4.52 Å². The quantitative estimate of drug-likeness (QED) is 0.801. The van der Waals surface area contributed by atoms with E-state index in [1.807, 2.05) is 18.3 Å². The third-order valence-electron chi connectivity index (χ3n) is 2.28. The van der Waals surface area contributed by atoms with Crippen molar-refractivity contribution in [2.75, 3.05) is 17.2 Å². The van der Waals surface area contributed by atoms with Crippen molar-refractivity contribution in [1.82, 2.24) is 10.1 Å². The number of pyridine rings is 1. The van der Waals surface area contributed by atoms with Gasteiger partial charge in [0.1, 0.15) is 12.0 Å². The average Bonchev–Trinajstić information content (AvgIpc) is 2.87. The minimum atomic E-state index is 0.634. The molecule has 0 fully saturated rings. The summed E-state index contributed by atoms with van der Waals surface area (Å²) < 4.78 is 4.76. The fourth-order valence-electron chi connectivity index (χ4n) is 1.42. The predicted molar refractivity (Wildman–Crippen MR) is 66.8 cm³/mol. The van der Waals surface area contributed by atoms with Crippen LogP contribution in [0.5, 0.6) is 0 Å². The first-order valence-electron chi connectivity index (χ1n) is 5.70. The van der Waals surface area contributed by atoms with Crippen LogP contribution in [0.1, 0.15) is 19.0 Å². The lowest BCUT2D eigenvalue weighted by Gasteiger charge is -2.07. The molecule has 0 aliphatic carbocycles. The molecule has 90 valence electrons. The molecule has 0 saturated carbocycles. The maximum Gasteiger partial charge on any atom is 0.124 e. The van der Waals surface area contributed by atoms with E-state index in [4.69, 9.17) is 4.52 Å². The van der Waals surface area contributed by atoms with Gasteiger partial charge in [-0.05, 0) is 12.5 Å². The molecule has 2 aromatic rings. The summed E-state index contributed by atoms with van der Waals surface area (Å²) in [5, 5.41) is 10.4. The molecule has 0 aromatic carbocycles. The molecule has 0 spiro atoms. The summed E-state index contributed by atoms with van der Waals surface area (Å²) in [5.74, 6) is 0. The third kappa shape index (κ3) is 3.48. The first-order valence-corrected chi connectivity index (χ1v) is 5.70. The van der Waals surface area contributed by atoms with Gasteiger partial charge in [0.15, 0.2) is 0 Å². The number of aromatic nitrogens is 2. The predicted octanol–water partition coefficient (Wildman–Crippen LogP) is 2.50. The summed E-state index contributed by atoms with van der Waals surface area (Å²) in [6.45, 7) is 3.72. The Labute approximate surface area is 100 Å². The second-order valence-electron chi connectivity index (χ2n) is 3.73. The third-order valence-corrected chi connectivity index (χ3v) is 2.28. The van der Waals surface area contributed by atoms with Crippen LogP contribution in [0.4, 0.5) is 11.4 Å². The molecule has 5 heteroatoms. The van der Waals surface area contributed by atoms with E-state index in [0.717, 1.165) is 30.0 Å². The number of hydrogen-bond donors (Lipinski definition) is 2. The molecule has 2 aromatic heterocycles. The summed E-state index contributed by atoms with van der Waals surface area (Å²) in [6, 6.07) is 3.86. The Balaban J connectivity index is 1.91. The van der Waals surface area contributed by atoms with E-state index in [0.29, 0.717) is 6.54 Å². The van der Waals surface area contributed by atoms with Gasteiger partial charge in [-0.15, -0.1) is 0 Å². The van der Waals surface area contributed by atoms with E-state index >= 15 is 0 Å². The Morgan fingerprint density at radius 3 is 2.76 bits per heavy atom. The van der Waals surface area contributed by atoms with Gasteiger partial charge in [0.2, 0.25) is 0 Å². The lowest BCUT2D eigenvalue weighted by atomic mass is 10.3. The van der Waals surface area contributed by atoms with E-state index in [2.05, 4.69) is 27.7 Å². The summed E-state index contributed by atoms with van der Waals surface area (Å²) in [4.78, 5) is 4.17. The van der Waals surface area contributed by atoms with Crippen LogP contribution in [0.25, 0.3) is 0 Å². The highest BCUT2D eigenvalue weighted by atomic mass is 16.5. The minimum absolute atomic E-state index is 0.634. The number of rotatable bonds is 6. The standard InChI is InChI=1S/C12H16N4O/c1-2-4-14-11-6-12(8-13-7-11)15-9-10-3-5-17-16-10/h3,5-8,14-15H,2,4,9H2,1H3. The normalized spacial score (nSPS) is 10.2. The molecule has 2 N–H and O–H groups in total. The zero-order valence-corrected chi connectivity index (χ0v) is 9.81. The number of nitrogens with one attached hydrogen (secondary N) is 2. The molecule has 0 bridgehead atoms. The van der Waals surface area contributed by atoms with Crippen molar-refractivity contribution in [2.24, 2.45) is 0 Å². The molecule has 0 radical (unpaired) electrons. The fourth-order valence-corrected chi connectivity index (χ4v) is 1.42. The monoisotopic (exact) mass is 232 g/mol. The molecular weight excluding hydrogens is 216 g/mol. The van der Waals surface area contributed by atoms with Crippen LogP contribution in [-0.2, 0) is 6.54 Å². The van der Waals surface area contributed by atoms with Crippen molar-refractivity contribution in [3.8, 4) is 0 Å². The van der Waals surface area contributed by atoms with Crippen LogP contribution in [-0.4, -0.2) is 16.7 Å². The molecule has 2 rings (SSSR count). The molecule has 0 aliphatic rings. The highest BCUT2D eigenvalue weighted by molar-refractivity contribution is 5.53. The fraction of sp³-hybridized carbons (Fsp3) is 0.333. The molecule has 0 atom stereocenters. The van der Waals surface area contributed by atoms with Crippen molar-refractivity contribution in [3.05, 3.63) is 36.5 Å². The summed E-state index contributed by atoms with van der Waals surface area (Å²) in [7, 11) is 0. The number of nitrogens with zero attached hydrogens (tertiary/aromatic N) is 2. The zero-order chi connectivity index (χ0) is 11.9. The number of anilines is 2. The van der Waals surface area contributed by atoms with Gasteiger partial charge in [0.25, 0.3) is 0 Å². The minimum Gasteiger partial charge on any atom is -0.384 e. The van der Waals surface area contributed by atoms with Crippen LogP contribution in [0.3, 0.4) is 0 Å². The molecule has 5 nitrogen and oxygen atoms in total. The Bertz CT molecular complexity index is 442. The van der Waals surface area contributed by atoms with Gasteiger partial charge in [-0.2, -0.15) is 0 Å². The van der Waals surface area contributed by atoms with Gasteiger partial charge in [0, 0.05) is 12.6 Å². The molecule has 2 heterocycles. The van der Waals surface area contributed by atoms with Crippen LogP contribution in [0, 0.1) is 0 Å². The van der Waals surface area contributed by atoms with Crippen molar-refractivity contribution in [1.29, 1.82) is 0 Å². The van der Waals surface area contributed by atoms with E-state index in [1.54, 1.807) is 12.5 Å². The van der Waals surface area contributed by atoms with Gasteiger partial charge in [-0.1, -0.05) is 12.1 Å². The maximum absolute atomic E-state index is 4.76. The highest BCUT2D eigenvalue weighted by Crippen LogP contribution is 2.13. The summed E-state index contributed by atoms with van der Waals surface area (Å²) >= 11 is 0. The van der Waals surface area contributed by atoms with E-state index in [1.165, 1.54) is 0 Å². The molecule has 0 saturated heterocycles. The Hall–Kier alpha value is -2.04. The second kappa shape index (κ2) is 5.89. The van der Waals surface area contributed by atoms with Gasteiger partial charge >= 0.3 is 0 Å². The average molecular weight is 232 g/mol. The Morgan fingerprint density at radius 1 is 1.24 bits per heavy atom. The number of hydrogen-bond acceptors (Lipinski definition) is 5. The maximum atomic E-state index is 4.76. The molecule has 0 amide bonds. The van der Waals surface area contributed by atoms with Gasteiger partial charge < -0.3 is 15.2 Å². The van der Waals surface area contributed by atoms with Crippen molar-refractivity contribution >= 4 is 11.4 Å². The smallest absolute Gasteiger partial charge is 0.124 e. The van der Waals surface area contributed by atoms with Crippen LogP contribution in [0.15, 0.2) is 35.3 Å².